The van der Waals surface area contributed by atoms with E-state index in [1.165, 1.54) is 0 Å². The number of benzene rings is 1. The van der Waals surface area contributed by atoms with Crippen molar-refractivity contribution in [2.75, 3.05) is 12.8 Å². The number of methoxy groups -OCH3 is 1. The average molecular weight is 193 g/mol. The van der Waals surface area contributed by atoms with Crippen molar-refractivity contribution in [3.63, 3.8) is 0 Å². The second-order valence-electron chi connectivity index (χ2n) is 3.33. The predicted molar refractivity (Wildman–Crippen MR) is 56.5 cm³/mol. The molecule has 14 heavy (non-hydrogen) atoms. The zero-order chi connectivity index (χ0) is 10.7. The monoisotopic (exact) mass is 193 g/mol. The number of nitrogens with two attached hydrogens (primary N) is 1. The Morgan fingerprint density at radius 1 is 1.50 bits per heavy atom. The molecule has 0 aromatic heterocycles. The van der Waals surface area contributed by atoms with E-state index in [1.54, 1.807) is 26.2 Å². The molecule has 0 aliphatic carbocycles. The number of anilines is 1. The lowest BCUT2D eigenvalue weighted by Crippen LogP contribution is -2.05. The van der Waals surface area contributed by atoms with E-state index < -0.39 is 0 Å². The number of hydrogen-bond donors (Lipinski definition) is 1. The molecule has 0 heterocycles. The predicted octanol–water partition coefficient (Wildman–Crippen LogP) is 1.97. The topological polar surface area (TPSA) is 52.3 Å². The van der Waals surface area contributed by atoms with E-state index in [9.17, 15) is 4.79 Å². The second-order valence-corrected chi connectivity index (χ2v) is 3.33. The number of Topliss-reactive ketones (excluding diaryl/α,β-unsaturated/α-hetero) is 1. The van der Waals surface area contributed by atoms with Crippen molar-refractivity contribution in [2.45, 2.75) is 19.8 Å². The van der Waals surface area contributed by atoms with E-state index in [-0.39, 0.29) is 11.7 Å². The average Bonchev–Trinajstić information content (AvgIpc) is 2.17. The van der Waals surface area contributed by atoms with Crippen molar-refractivity contribution < 1.29 is 9.53 Å². The molecule has 1 atom stereocenters. The van der Waals surface area contributed by atoms with Crippen LogP contribution >= 0.6 is 0 Å². The summed E-state index contributed by atoms with van der Waals surface area (Å²) >= 11 is 0. The van der Waals surface area contributed by atoms with Gasteiger partial charge in [-0.05, 0) is 24.6 Å². The lowest BCUT2D eigenvalue weighted by molar-refractivity contribution is -0.118. The molecule has 2 N–H and O–H groups in total. The minimum Gasteiger partial charge on any atom is -0.495 e. The third-order valence-electron chi connectivity index (χ3n) is 2.37. The molecule has 0 saturated carbocycles. The molecular formula is C11H15NO2. The molecule has 0 aliphatic heterocycles. The molecule has 0 bridgehead atoms. The van der Waals surface area contributed by atoms with Crippen LogP contribution in [0.2, 0.25) is 0 Å². The fourth-order valence-electron chi connectivity index (χ4n) is 1.23. The number of carbonyl (C=O) groups excluding carboxylic acids is 1. The van der Waals surface area contributed by atoms with Crippen molar-refractivity contribution in [3.05, 3.63) is 23.8 Å². The molecule has 0 spiro atoms. The highest BCUT2D eigenvalue weighted by Gasteiger charge is 2.12. The summed E-state index contributed by atoms with van der Waals surface area (Å²) < 4.78 is 5.08. The molecular weight excluding hydrogens is 178 g/mol. The molecule has 0 amide bonds. The van der Waals surface area contributed by atoms with Gasteiger partial charge in [0, 0.05) is 5.92 Å². The zero-order valence-electron chi connectivity index (χ0n) is 8.70. The highest BCUT2D eigenvalue weighted by molar-refractivity contribution is 5.83. The lowest BCUT2D eigenvalue weighted by Gasteiger charge is -2.11. The third kappa shape index (κ3) is 2.05. The first-order valence-corrected chi connectivity index (χ1v) is 4.50. The molecule has 1 aromatic carbocycles. The quantitative estimate of drug-likeness (QED) is 0.747. The largest absolute Gasteiger partial charge is 0.495 e. The van der Waals surface area contributed by atoms with Crippen LogP contribution in [0.15, 0.2) is 18.2 Å². The number of ether oxygens (including phenoxy) is 1. The van der Waals surface area contributed by atoms with Crippen LogP contribution in [-0.4, -0.2) is 12.9 Å². The fourth-order valence-corrected chi connectivity index (χ4v) is 1.23. The van der Waals surface area contributed by atoms with Crippen LogP contribution < -0.4 is 10.5 Å². The van der Waals surface area contributed by atoms with Gasteiger partial charge >= 0.3 is 0 Å². The SMILES string of the molecule is COc1cc(C(C)C(C)=O)ccc1N. The molecule has 0 radical (unpaired) electrons. The molecule has 1 unspecified atom stereocenters. The molecule has 0 fully saturated rings. The Morgan fingerprint density at radius 3 is 2.64 bits per heavy atom. The van der Waals surface area contributed by atoms with E-state index in [4.69, 9.17) is 10.5 Å². The third-order valence-corrected chi connectivity index (χ3v) is 2.37. The Hall–Kier alpha value is -1.51. The molecule has 3 nitrogen and oxygen atoms in total. The Labute approximate surface area is 83.9 Å². The van der Waals surface area contributed by atoms with E-state index >= 15 is 0 Å². The summed E-state index contributed by atoms with van der Waals surface area (Å²) in [4.78, 5) is 11.2. The first-order valence-electron chi connectivity index (χ1n) is 4.50. The van der Waals surface area contributed by atoms with Gasteiger partial charge < -0.3 is 10.5 Å². The standard InChI is InChI=1S/C11H15NO2/c1-7(8(2)13)9-4-5-10(12)11(6-9)14-3/h4-7H,12H2,1-3H3. The number of ketones is 1. The summed E-state index contributed by atoms with van der Waals surface area (Å²) in [6.45, 7) is 3.45. The number of rotatable bonds is 3. The molecule has 0 saturated heterocycles. The smallest absolute Gasteiger partial charge is 0.142 e. The van der Waals surface area contributed by atoms with Crippen LogP contribution in [-0.2, 0) is 4.79 Å². The number of carbonyl (C=O) groups is 1. The maximum atomic E-state index is 11.2. The summed E-state index contributed by atoms with van der Waals surface area (Å²) in [7, 11) is 1.56. The molecule has 3 heteroatoms. The fraction of sp³-hybridized carbons (Fsp3) is 0.364. The van der Waals surface area contributed by atoms with Gasteiger partial charge in [-0.15, -0.1) is 0 Å². The normalized spacial score (nSPS) is 12.2. The van der Waals surface area contributed by atoms with E-state index in [1.807, 2.05) is 13.0 Å². The van der Waals surface area contributed by atoms with E-state index in [0.717, 1.165) is 5.56 Å². The summed E-state index contributed by atoms with van der Waals surface area (Å²) in [5.41, 5.74) is 7.19. The summed E-state index contributed by atoms with van der Waals surface area (Å²) in [6.07, 6.45) is 0. The number of hydrogen-bond acceptors (Lipinski definition) is 3. The van der Waals surface area contributed by atoms with Crippen molar-refractivity contribution in [3.8, 4) is 5.75 Å². The lowest BCUT2D eigenvalue weighted by atomic mass is 9.97. The van der Waals surface area contributed by atoms with E-state index in [2.05, 4.69) is 0 Å². The Morgan fingerprint density at radius 2 is 2.14 bits per heavy atom. The van der Waals surface area contributed by atoms with Gasteiger partial charge in [0.2, 0.25) is 0 Å². The molecule has 76 valence electrons. The Kier molecular flexibility index (Phi) is 3.12. The van der Waals surface area contributed by atoms with Gasteiger partial charge in [-0.2, -0.15) is 0 Å². The maximum Gasteiger partial charge on any atom is 0.142 e. The highest BCUT2D eigenvalue weighted by Crippen LogP contribution is 2.26. The van der Waals surface area contributed by atoms with Gasteiger partial charge in [0.1, 0.15) is 11.5 Å². The van der Waals surface area contributed by atoms with Crippen molar-refractivity contribution in [1.29, 1.82) is 0 Å². The van der Waals surface area contributed by atoms with Gasteiger partial charge in [-0.3, -0.25) is 4.79 Å². The number of nitrogen functional groups attached to an aromatic ring is 1. The van der Waals surface area contributed by atoms with Crippen LogP contribution in [0.1, 0.15) is 25.3 Å². The van der Waals surface area contributed by atoms with Crippen molar-refractivity contribution in [1.82, 2.24) is 0 Å². The minimum absolute atomic E-state index is 0.107. The van der Waals surface area contributed by atoms with Crippen LogP contribution in [0.3, 0.4) is 0 Å². The Bertz CT molecular complexity index is 347. The molecule has 0 aliphatic rings. The Balaban J connectivity index is 3.06. The highest BCUT2D eigenvalue weighted by atomic mass is 16.5. The zero-order valence-corrected chi connectivity index (χ0v) is 8.70. The molecule has 1 rings (SSSR count). The first-order chi connectivity index (χ1) is 6.56. The van der Waals surface area contributed by atoms with Crippen molar-refractivity contribution in [2.24, 2.45) is 0 Å². The molecule has 1 aromatic rings. The van der Waals surface area contributed by atoms with Gasteiger partial charge in [0.15, 0.2) is 0 Å². The van der Waals surface area contributed by atoms with Gasteiger partial charge in [0.05, 0.1) is 12.8 Å². The summed E-state index contributed by atoms with van der Waals surface area (Å²) in [5.74, 6) is 0.650. The summed E-state index contributed by atoms with van der Waals surface area (Å²) in [5, 5.41) is 0. The first kappa shape index (κ1) is 10.6. The van der Waals surface area contributed by atoms with Crippen molar-refractivity contribution >= 4 is 11.5 Å². The maximum absolute atomic E-state index is 11.2. The van der Waals surface area contributed by atoms with Gasteiger partial charge in [0.25, 0.3) is 0 Å². The second kappa shape index (κ2) is 4.13. The van der Waals surface area contributed by atoms with Crippen LogP contribution in [0.5, 0.6) is 5.75 Å². The van der Waals surface area contributed by atoms with Gasteiger partial charge in [-0.1, -0.05) is 13.0 Å². The van der Waals surface area contributed by atoms with Gasteiger partial charge in [-0.25, -0.2) is 0 Å². The van der Waals surface area contributed by atoms with E-state index in [0.29, 0.717) is 11.4 Å². The van der Waals surface area contributed by atoms with Crippen LogP contribution in [0.25, 0.3) is 0 Å². The van der Waals surface area contributed by atoms with Crippen LogP contribution in [0, 0.1) is 0 Å². The minimum atomic E-state index is -0.107. The summed E-state index contributed by atoms with van der Waals surface area (Å²) in [6, 6.07) is 5.42. The van der Waals surface area contributed by atoms with Crippen LogP contribution in [0.4, 0.5) is 5.69 Å².